The van der Waals surface area contributed by atoms with Gasteiger partial charge >= 0.3 is 6.18 Å². The highest BCUT2D eigenvalue weighted by molar-refractivity contribution is 5.34. The first-order chi connectivity index (χ1) is 5.88. The van der Waals surface area contributed by atoms with Gasteiger partial charge in [0.1, 0.15) is 6.54 Å². The molecular weight excluding hydrogens is 185 g/mol. The molecule has 0 bridgehead atoms. The van der Waals surface area contributed by atoms with Crippen LogP contribution in [0.5, 0.6) is 0 Å². The van der Waals surface area contributed by atoms with Gasteiger partial charge in [0.15, 0.2) is 0 Å². The van der Waals surface area contributed by atoms with Crippen LogP contribution in [0.1, 0.15) is 0 Å². The van der Waals surface area contributed by atoms with Crippen LogP contribution in [0.3, 0.4) is 0 Å². The summed E-state index contributed by atoms with van der Waals surface area (Å²) < 4.78 is 36.0. The molecule has 0 radical (unpaired) electrons. The SMILES string of the molecule is Nc1ccn(CC(F)(F)F)c(=O)c1. The van der Waals surface area contributed by atoms with Gasteiger partial charge in [-0.25, -0.2) is 0 Å². The van der Waals surface area contributed by atoms with Gasteiger partial charge in [0.2, 0.25) is 0 Å². The van der Waals surface area contributed by atoms with E-state index in [4.69, 9.17) is 5.73 Å². The average Bonchev–Trinajstić information content (AvgIpc) is 1.93. The Morgan fingerprint density at radius 2 is 2.08 bits per heavy atom. The molecule has 1 rings (SSSR count). The third-order valence-corrected chi connectivity index (χ3v) is 1.37. The summed E-state index contributed by atoms with van der Waals surface area (Å²) in [6.07, 6.45) is -3.37. The molecule has 0 saturated heterocycles. The van der Waals surface area contributed by atoms with E-state index in [1.165, 1.54) is 6.07 Å². The maximum Gasteiger partial charge on any atom is 0.406 e. The van der Waals surface area contributed by atoms with Gasteiger partial charge in [0, 0.05) is 18.0 Å². The van der Waals surface area contributed by atoms with Gasteiger partial charge < -0.3 is 10.3 Å². The molecule has 2 N–H and O–H groups in total. The molecule has 0 saturated carbocycles. The van der Waals surface area contributed by atoms with Crippen molar-refractivity contribution in [3.8, 4) is 0 Å². The van der Waals surface area contributed by atoms with Crippen LogP contribution < -0.4 is 11.3 Å². The van der Waals surface area contributed by atoms with Crippen LogP contribution in [0, 0.1) is 0 Å². The van der Waals surface area contributed by atoms with Crippen molar-refractivity contribution >= 4 is 5.69 Å². The molecule has 3 nitrogen and oxygen atoms in total. The molecule has 0 aliphatic carbocycles. The number of rotatable bonds is 1. The molecule has 0 aliphatic rings. The molecule has 0 amide bonds. The summed E-state index contributed by atoms with van der Waals surface area (Å²) in [5, 5.41) is 0. The summed E-state index contributed by atoms with van der Waals surface area (Å²) in [6, 6.07) is 2.19. The smallest absolute Gasteiger partial charge is 0.399 e. The van der Waals surface area contributed by atoms with Gasteiger partial charge in [-0.05, 0) is 6.07 Å². The number of hydrogen-bond acceptors (Lipinski definition) is 2. The van der Waals surface area contributed by atoms with Crippen molar-refractivity contribution in [2.45, 2.75) is 12.7 Å². The van der Waals surface area contributed by atoms with Gasteiger partial charge in [-0.3, -0.25) is 4.79 Å². The summed E-state index contributed by atoms with van der Waals surface area (Å²) in [5.74, 6) is 0. The maximum absolute atomic E-state index is 11.8. The number of pyridine rings is 1. The van der Waals surface area contributed by atoms with E-state index in [-0.39, 0.29) is 5.69 Å². The minimum atomic E-state index is -4.39. The van der Waals surface area contributed by atoms with Gasteiger partial charge in [-0.15, -0.1) is 0 Å². The Morgan fingerprint density at radius 3 is 2.54 bits per heavy atom. The third-order valence-electron chi connectivity index (χ3n) is 1.37. The number of aromatic nitrogens is 1. The summed E-state index contributed by atoms with van der Waals surface area (Å²) >= 11 is 0. The van der Waals surface area contributed by atoms with E-state index in [0.29, 0.717) is 4.57 Å². The predicted molar refractivity (Wildman–Crippen MR) is 41.2 cm³/mol. The monoisotopic (exact) mass is 192 g/mol. The topological polar surface area (TPSA) is 48.0 Å². The fourth-order valence-corrected chi connectivity index (χ4v) is 0.847. The van der Waals surface area contributed by atoms with Crippen molar-refractivity contribution in [3.05, 3.63) is 28.7 Å². The minimum absolute atomic E-state index is 0.156. The highest BCUT2D eigenvalue weighted by atomic mass is 19.4. The Kier molecular flexibility index (Phi) is 2.31. The highest BCUT2D eigenvalue weighted by Gasteiger charge is 2.28. The van der Waals surface area contributed by atoms with Crippen LogP contribution in [0.15, 0.2) is 23.1 Å². The molecular formula is C7H7F3N2O. The normalized spacial score (nSPS) is 11.6. The third kappa shape index (κ3) is 2.81. The number of anilines is 1. The zero-order chi connectivity index (χ0) is 10.1. The Labute approximate surface area is 71.6 Å². The minimum Gasteiger partial charge on any atom is -0.399 e. The summed E-state index contributed by atoms with van der Waals surface area (Å²) in [7, 11) is 0. The summed E-state index contributed by atoms with van der Waals surface area (Å²) in [5.41, 5.74) is 4.60. The first-order valence-electron chi connectivity index (χ1n) is 3.41. The van der Waals surface area contributed by atoms with Crippen LogP contribution >= 0.6 is 0 Å². The zero-order valence-corrected chi connectivity index (χ0v) is 6.51. The van der Waals surface area contributed by atoms with E-state index >= 15 is 0 Å². The first kappa shape index (κ1) is 9.63. The number of nitrogen functional groups attached to an aromatic ring is 1. The van der Waals surface area contributed by atoms with E-state index in [1.807, 2.05) is 0 Å². The lowest BCUT2D eigenvalue weighted by Gasteiger charge is -2.08. The van der Waals surface area contributed by atoms with E-state index < -0.39 is 18.3 Å². The van der Waals surface area contributed by atoms with Gasteiger partial charge in [0.05, 0.1) is 0 Å². The van der Waals surface area contributed by atoms with Crippen LogP contribution in [-0.2, 0) is 6.54 Å². The van der Waals surface area contributed by atoms with Crippen molar-refractivity contribution < 1.29 is 13.2 Å². The van der Waals surface area contributed by atoms with Gasteiger partial charge in [0.25, 0.3) is 5.56 Å². The van der Waals surface area contributed by atoms with Crippen LogP contribution in [0.2, 0.25) is 0 Å². The Bertz CT molecular complexity index is 355. The molecule has 0 atom stereocenters. The number of hydrogen-bond donors (Lipinski definition) is 1. The van der Waals surface area contributed by atoms with E-state index in [9.17, 15) is 18.0 Å². The molecule has 1 aromatic rings. The number of halogens is 3. The second-order valence-corrected chi connectivity index (χ2v) is 2.54. The van der Waals surface area contributed by atoms with Crippen LogP contribution in [0.25, 0.3) is 0 Å². The zero-order valence-electron chi connectivity index (χ0n) is 6.51. The summed E-state index contributed by atoms with van der Waals surface area (Å²) in [6.45, 7) is -1.29. The number of alkyl halides is 3. The lowest BCUT2D eigenvalue weighted by Crippen LogP contribution is -2.27. The molecule has 0 aromatic carbocycles. The van der Waals surface area contributed by atoms with Crippen molar-refractivity contribution in [1.29, 1.82) is 0 Å². The molecule has 1 aromatic heterocycles. The van der Waals surface area contributed by atoms with Gasteiger partial charge in [-0.1, -0.05) is 0 Å². The first-order valence-corrected chi connectivity index (χ1v) is 3.41. The van der Waals surface area contributed by atoms with Gasteiger partial charge in [-0.2, -0.15) is 13.2 Å². The maximum atomic E-state index is 11.8. The van der Waals surface area contributed by atoms with E-state index in [1.54, 1.807) is 0 Å². The standard InChI is InChI=1S/C7H7F3N2O/c8-7(9,10)4-12-2-1-5(11)3-6(12)13/h1-3H,4,11H2. The lowest BCUT2D eigenvalue weighted by molar-refractivity contribution is -0.141. The second kappa shape index (κ2) is 3.12. The number of nitrogens with zero attached hydrogens (tertiary/aromatic N) is 1. The molecule has 13 heavy (non-hydrogen) atoms. The average molecular weight is 192 g/mol. The molecule has 0 spiro atoms. The van der Waals surface area contributed by atoms with Crippen molar-refractivity contribution in [3.63, 3.8) is 0 Å². The van der Waals surface area contributed by atoms with Crippen molar-refractivity contribution in [2.24, 2.45) is 0 Å². The molecule has 0 fully saturated rings. The van der Waals surface area contributed by atoms with Crippen molar-refractivity contribution in [1.82, 2.24) is 4.57 Å². The fraction of sp³-hybridized carbons (Fsp3) is 0.286. The Morgan fingerprint density at radius 1 is 1.46 bits per heavy atom. The van der Waals surface area contributed by atoms with E-state index in [2.05, 4.69) is 0 Å². The highest BCUT2D eigenvalue weighted by Crippen LogP contribution is 2.16. The molecule has 72 valence electrons. The second-order valence-electron chi connectivity index (χ2n) is 2.54. The van der Waals surface area contributed by atoms with Crippen LogP contribution in [0.4, 0.5) is 18.9 Å². The number of nitrogens with two attached hydrogens (primary N) is 1. The Hall–Kier alpha value is -1.46. The molecule has 0 aliphatic heterocycles. The summed E-state index contributed by atoms with van der Waals surface area (Å²) in [4.78, 5) is 10.9. The Balaban J connectivity index is 2.98. The van der Waals surface area contributed by atoms with Crippen LogP contribution in [-0.4, -0.2) is 10.7 Å². The molecule has 6 heteroatoms. The predicted octanol–water partition coefficient (Wildman–Crippen LogP) is 0.993. The van der Waals surface area contributed by atoms with Crippen molar-refractivity contribution in [2.75, 3.05) is 5.73 Å². The molecule has 0 unspecified atom stereocenters. The fourth-order valence-electron chi connectivity index (χ4n) is 0.847. The lowest BCUT2D eigenvalue weighted by atomic mass is 10.4. The van der Waals surface area contributed by atoms with E-state index in [0.717, 1.165) is 12.3 Å². The molecule has 1 heterocycles. The quantitative estimate of drug-likeness (QED) is 0.721. The largest absolute Gasteiger partial charge is 0.406 e.